The molecule has 17 heavy (non-hydrogen) atoms. The minimum absolute atomic E-state index is 0.294. The van der Waals surface area contributed by atoms with Gasteiger partial charge < -0.3 is 9.84 Å². The van der Waals surface area contributed by atoms with Gasteiger partial charge >= 0.3 is 5.97 Å². The lowest BCUT2D eigenvalue weighted by atomic mass is 10.1. The van der Waals surface area contributed by atoms with Gasteiger partial charge in [0.25, 0.3) is 0 Å². The summed E-state index contributed by atoms with van der Waals surface area (Å²) in [5.74, 6) is -0.0227. The highest BCUT2D eigenvalue weighted by atomic mass is 16.5. The van der Waals surface area contributed by atoms with Crippen molar-refractivity contribution in [3.8, 4) is 0 Å². The quantitative estimate of drug-likeness (QED) is 0.874. The molecule has 0 radical (unpaired) electrons. The van der Waals surface area contributed by atoms with E-state index in [2.05, 4.69) is 13.5 Å². The van der Waals surface area contributed by atoms with Gasteiger partial charge in [-0.15, -0.1) is 0 Å². The van der Waals surface area contributed by atoms with Gasteiger partial charge in [0.05, 0.1) is 18.8 Å². The molecule has 0 aromatic heterocycles. The Labute approximate surface area is 102 Å². The standard InChI is InChI=1S/C9H8O2.C5H10O/c1-2-7-5-3-4-6-8(7)9(10)11;1-2-5-3-6-4-5/h2-6H,1H2,(H,10,11);5H,2-4H2,1H3. The zero-order chi connectivity index (χ0) is 12.7. The zero-order valence-electron chi connectivity index (χ0n) is 10.1. The Bertz CT molecular complexity index is 378. The average Bonchev–Trinajstić information content (AvgIpc) is 2.28. The van der Waals surface area contributed by atoms with Crippen LogP contribution in [0.2, 0.25) is 0 Å². The molecule has 1 aliphatic rings. The van der Waals surface area contributed by atoms with Crippen molar-refractivity contribution in [3.63, 3.8) is 0 Å². The number of carboxylic acids is 1. The molecule has 0 atom stereocenters. The highest BCUT2D eigenvalue weighted by Crippen LogP contribution is 2.12. The van der Waals surface area contributed by atoms with Crippen LogP contribution in [0.3, 0.4) is 0 Å². The maximum Gasteiger partial charge on any atom is 0.336 e. The molecular weight excluding hydrogens is 216 g/mol. The van der Waals surface area contributed by atoms with E-state index in [1.165, 1.54) is 12.5 Å². The van der Waals surface area contributed by atoms with Gasteiger partial charge in [-0.2, -0.15) is 0 Å². The molecular formula is C14H18O3. The fourth-order valence-electron chi connectivity index (χ4n) is 1.39. The molecule has 0 amide bonds. The summed E-state index contributed by atoms with van der Waals surface area (Å²) in [7, 11) is 0. The second kappa shape index (κ2) is 6.86. The van der Waals surface area contributed by atoms with Crippen LogP contribution in [0, 0.1) is 5.92 Å². The van der Waals surface area contributed by atoms with E-state index in [4.69, 9.17) is 9.84 Å². The first-order valence-electron chi connectivity index (χ1n) is 5.71. The van der Waals surface area contributed by atoms with Gasteiger partial charge in [0, 0.05) is 5.92 Å². The first kappa shape index (κ1) is 13.5. The van der Waals surface area contributed by atoms with Crippen molar-refractivity contribution in [2.24, 2.45) is 5.92 Å². The van der Waals surface area contributed by atoms with Crippen LogP contribution in [-0.2, 0) is 4.74 Å². The first-order chi connectivity index (χ1) is 8.19. The lowest BCUT2D eigenvalue weighted by Gasteiger charge is -2.23. The van der Waals surface area contributed by atoms with Crippen LogP contribution < -0.4 is 0 Å². The van der Waals surface area contributed by atoms with Crippen LogP contribution in [0.1, 0.15) is 29.3 Å². The maximum absolute atomic E-state index is 10.5. The van der Waals surface area contributed by atoms with Crippen molar-refractivity contribution in [1.82, 2.24) is 0 Å². The number of ether oxygens (including phenoxy) is 1. The van der Waals surface area contributed by atoms with Gasteiger partial charge in [-0.1, -0.05) is 37.8 Å². The third-order valence-electron chi connectivity index (χ3n) is 2.70. The summed E-state index contributed by atoms with van der Waals surface area (Å²) < 4.78 is 4.93. The van der Waals surface area contributed by atoms with Gasteiger partial charge in [0.15, 0.2) is 0 Å². The zero-order valence-corrected chi connectivity index (χ0v) is 10.1. The second-order valence-electron chi connectivity index (χ2n) is 3.91. The monoisotopic (exact) mass is 234 g/mol. The van der Waals surface area contributed by atoms with E-state index in [0.29, 0.717) is 11.1 Å². The third-order valence-corrected chi connectivity index (χ3v) is 2.70. The molecule has 0 aliphatic carbocycles. The number of hydrogen-bond donors (Lipinski definition) is 1. The van der Waals surface area contributed by atoms with Crippen molar-refractivity contribution >= 4 is 12.0 Å². The SMILES string of the molecule is C=Cc1ccccc1C(=O)O.CCC1COC1. The van der Waals surface area contributed by atoms with Crippen molar-refractivity contribution < 1.29 is 14.6 Å². The molecule has 1 heterocycles. The van der Waals surface area contributed by atoms with Gasteiger partial charge in [0.2, 0.25) is 0 Å². The van der Waals surface area contributed by atoms with Crippen molar-refractivity contribution in [2.45, 2.75) is 13.3 Å². The highest BCUT2D eigenvalue weighted by molar-refractivity contribution is 5.91. The number of hydrogen-bond acceptors (Lipinski definition) is 2. The van der Waals surface area contributed by atoms with Crippen LogP contribution in [0.5, 0.6) is 0 Å². The molecule has 1 aliphatic heterocycles. The highest BCUT2D eigenvalue weighted by Gasteiger charge is 2.14. The van der Waals surface area contributed by atoms with E-state index < -0.39 is 5.97 Å². The molecule has 0 spiro atoms. The molecule has 92 valence electrons. The van der Waals surface area contributed by atoms with E-state index in [1.807, 2.05) is 0 Å². The summed E-state index contributed by atoms with van der Waals surface area (Å²) in [6.07, 6.45) is 2.82. The molecule has 3 heteroatoms. The summed E-state index contributed by atoms with van der Waals surface area (Å²) in [5.41, 5.74) is 0.947. The van der Waals surface area contributed by atoms with Gasteiger partial charge in [-0.05, 0) is 18.1 Å². The van der Waals surface area contributed by atoms with E-state index in [0.717, 1.165) is 19.1 Å². The molecule has 2 rings (SSSR count). The number of carboxylic acid groups (broad SMARTS) is 1. The van der Waals surface area contributed by atoms with Gasteiger partial charge in [-0.25, -0.2) is 4.79 Å². The largest absolute Gasteiger partial charge is 0.478 e. The summed E-state index contributed by atoms with van der Waals surface area (Å²) in [4.78, 5) is 10.5. The Kier molecular flexibility index (Phi) is 5.43. The van der Waals surface area contributed by atoms with Crippen LogP contribution in [0.15, 0.2) is 30.8 Å². The number of carbonyl (C=O) groups is 1. The Morgan fingerprint density at radius 2 is 2.18 bits per heavy atom. The molecule has 0 saturated carbocycles. The predicted molar refractivity (Wildman–Crippen MR) is 68.1 cm³/mol. The molecule has 3 nitrogen and oxygen atoms in total. The number of rotatable bonds is 3. The first-order valence-corrected chi connectivity index (χ1v) is 5.71. The summed E-state index contributed by atoms with van der Waals surface area (Å²) >= 11 is 0. The van der Waals surface area contributed by atoms with Crippen LogP contribution in [0.4, 0.5) is 0 Å². The average molecular weight is 234 g/mol. The summed E-state index contributed by atoms with van der Waals surface area (Å²) in [5, 5.41) is 8.65. The van der Waals surface area contributed by atoms with E-state index in [-0.39, 0.29) is 0 Å². The molecule has 1 saturated heterocycles. The summed E-state index contributed by atoms with van der Waals surface area (Å²) in [6, 6.07) is 6.75. The molecule has 1 aromatic carbocycles. The molecule has 0 bridgehead atoms. The van der Waals surface area contributed by atoms with Crippen molar-refractivity contribution in [1.29, 1.82) is 0 Å². The number of benzene rings is 1. The summed E-state index contributed by atoms with van der Waals surface area (Å²) in [6.45, 7) is 7.73. The maximum atomic E-state index is 10.5. The lowest BCUT2D eigenvalue weighted by Crippen LogP contribution is -2.26. The third kappa shape index (κ3) is 4.04. The minimum Gasteiger partial charge on any atom is -0.478 e. The van der Waals surface area contributed by atoms with Crippen molar-refractivity contribution in [3.05, 3.63) is 42.0 Å². The fraction of sp³-hybridized carbons (Fsp3) is 0.357. The minimum atomic E-state index is -0.916. The van der Waals surface area contributed by atoms with Crippen molar-refractivity contribution in [2.75, 3.05) is 13.2 Å². The van der Waals surface area contributed by atoms with Gasteiger partial charge in [0.1, 0.15) is 0 Å². The predicted octanol–water partition coefficient (Wildman–Crippen LogP) is 3.07. The Hall–Kier alpha value is -1.61. The van der Waals surface area contributed by atoms with Crippen LogP contribution in [-0.4, -0.2) is 24.3 Å². The smallest absolute Gasteiger partial charge is 0.336 e. The lowest BCUT2D eigenvalue weighted by molar-refractivity contribution is -0.0331. The van der Waals surface area contributed by atoms with E-state index in [9.17, 15) is 4.79 Å². The van der Waals surface area contributed by atoms with Crippen LogP contribution in [0.25, 0.3) is 6.08 Å². The van der Waals surface area contributed by atoms with E-state index in [1.54, 1.807) is 24.3 Å². The Morgan fingerprint density at radius 1 is 1.53 bits per heavy atom. The fourth-order valence-corrected chi connectivity index (χ4v) is 1.39. The topological polar surface area (TPSA) is 46.5 Å². The molecule has 1 aromatic rings. The Balaban J connectivity index is 0.000000202. The second-order valence-corrected chi connectivity index (χ2v) is 3.91. The number of aromatic carboxylic acids is 1. The normalized spacial score (nSPS) is 14.2. The Morgan fingerprint density at radius 3 is 2.47 bits per heavy atom. The van der Waals surface area contributed by atoms with E-state index >= 15 is 0 Å². The van der Waals surface area contributed by atoms with Crippen LogP contribution >= 0.6 is 0 Å². The molecule has 1 fully saturated rings. The molecule has 1 N–H and O–H groups in total. The van der Waals surface area contributed by atoms with Gasteiger partial charge in [-0.3, -0.25) is 0 Å². The molecule has 0 unspecified atom stereocenters.